The molecule has 0 fully saturated rings. The van der Waals surface area contributed by atoms with Crippen LogP contribution in [-0.4, -0.2) is 32.3 Å². The molecule has 3 rings (SSSR count). The highest BCUT2D eigenvalue weighted by Crippen LogP contribution is 2.27. The molecule has 0 radical (unpaired) electrons. The summed E-state index contributed by atoms with van der Waals surface area (Å²) >= 11 is 3.59. The summed E-state index contributed by atoms with van der Waals surface area (Å²) in [5.41, 5.74) is 3.49. The van der Waals surface area contributed by atoms with E-state index in [2.05, 4.69) is 63.8 Å². The Kier molecular flexibility index (Phi) is 10.1. The van der Waals surface area contributed by atoms with Gasteiger partial charge in [0.25, 0.3) is 5.91 Å². The van der Waals surface area contributed by atoms with Crippen LogP contribution in [0.3, 0.4) is 0 Å². The number of anilines is 1. The second-order valence-corrected chi connectivity index (χ2v) is 11.2. The summed E-state index contributed by atoms with van der Waals surface area (Å²) in [5.74, 6) is 0.887. The van der Waals surface area contributed by atoms with E-state index in [4.69, 9.17) is 0 Å². The van der Waals surface area contributed by atoms with Crippen LogP contribution in [0, 0.1) is 23.3 Å². The minimum Gasteiger partial charge on any atom is -0.342 e. The van der Waals surface area contributed by atoms with E-state index < -0.39 is 0 Å². The van der Waals surface area contributed by atoms with Crippen LogP contribution in [0.5, 0.6) is 0 Å². The van der Waals surface area contributed by atoms with Gasteiger partial charge in [0.1, 0.15) is 0 Å². The molecule has 0 saturated heterocycles. The van der Waals surface area contributed by atoms with Crippen molar-refractivity contribution in [1.82, 2.24) is 20.1 Å². The predicted molar refractivity (Wildman–Crippen MR) is 154 cm³/mol. The molecule has 0 spiro atoms. The number of hydrogen-bond acceptors (Lipinski definition) is 5. The number of aryl methyl sites for hydroxylation is 2. The Hall–Kier alpha value is -2.66. The van der Waals surface area contributed by atoms with Crippen molar-refractivity contribution in [2.75, 3.05) is 11.1 Å². The summed E-state index contributed by atoms with van der Waals surface area (Å²) < 4.78 is 3.06. The summed E-state index contributed by atoms with van der Waals surface area (Å²) in [4.78, 5) is 25.7. The second kappa shape index (κ2) is 13.0. The molecule has 0 saturated carbocycles. The number of thioether (sulfide) groups is 1. The van der Waals surface area contributed by atoms with E-state index in [1.54, 1.807) is 18.2 Å². The Labute approximate surface area is 230 Å². The number of hydrogen-bond donors (Lipinski definition) is 2. The molecule has 3 aromatic rings. The first kappa shape index (κ1) is 27.9. The van der Waals surface area contributed by atoms with E-state index in [0.29, 0.717) is 35.4 Å². The number of halogens is 1. The monoisotopic (exact) mass is 617 g/mol. The van der Waals surface area contributed by atoms with Gasteiger partial charge in [-0.25, -0.2) is 0 Å². The molecule has 1 unspecified atom stereocenters. The highest BCUT2D eigenvalue weighted by atomic mass is 127. The Morgan fingerprint density at radius 1 is 1.14 bits per heavy atom. The highest BCUT2D eigenvalue weighted by molar-refractivity contribution is 14.1. The molecular weight excluding hydrogens is 585 g/mol. The third-order valence-electron chi connectivity index (χ3n) is 5.51. The molecule has 36 heavy (non-hydrogen) atoms. The molecular formula is C27H32IN5O2S. The Bertz CT molecular complexity index is 1200. The van der Waals surface area contributed by atoms with E-state index >= 15 is 0 Å². The fraction of sp³-hybridized carbons (Fsp3) is 0.333. The maximum absolute atomic E-state index is 12.9. The van der Waals surface area contributed by atoms with Crippen LogP contribution in [0.1, 0.15) is 53.6 Å². The molecule has 1 atom stereocenters. The molecule has 190 valence electrons. The summed E-state index contributed by atoms with van der Waals surface area (Å²) in [7, 11) is 0. The SMILES string of the molecule is C=CCn1c(SCC(=O)Nc2c(C)cc(I)cc2C)nnc1C(CC(C)C)NC(=O)c1ccccc1. The fourth-order valence-corrected chi connectivity index (χ4v) is 5.60. The quantitative estimate of drug-likeness (QED) is 0.158. The minimum absolute atomic E-state index is 0.113. The summed E-state index contributed by atoms with van der Waals surface area (Å²) in [6, 6.07) is 12.9. The number of benzene rings is 2. The number of amides is 2. The molecule has 1 heterocycles. The van der Waals surface area contributed by atoms with Gasteiger partial charge in [0.15, 0.2) is 11.0 Å². The average Bonchev–Trinajstić information content (AvgIpc) is 3.22. The van der Waals surface area contributed by atoms with Crippen molar-refractivity contribution in [1.29, 1.82) is 0 Å². The standard InChI is InChI=1S/C27H32IN5O2S/c1-6-12-33-25(22(13-17(2)3)29-26(35)20-10-8-7-9-11-20)31-32-27(33)36-16-23(34)30-24-18(4)14-21(28)15-19(24)5/h6-11,14-15,17,22H,1,12-13,16H2,2-5H3,(H,29,35)(H,30,34). The first-order chi connectivity index (χ1) is 17.2. The maximum atomic E-state index is 12.9. The zero-order valence-corrected chi connectivity index (χ0v) is 24.0. The molecule has 1 aromatic heterocycles. The third-order valence-corrected chi connectivity index (χ3v) is 7.10. The molecule has 2 aromatic carbocycles. The van der Waals surface area contributed by atoms with Gasteiger partial charge in [0.05, 0.1) is 11.8 Å². The molecule has 2 N–H and O–H groups in total. The Balaban J connectivity index is 1.77. The number of rotatable bonds is 11. The van der Waals surface area contributed by atoms with Gasteiger partial charge in [-0.05, 0) is 84.2 Å². The number of allylic oxidation sites excluding steroid dienone is 1. The number of carbonyl (C=O) groups is 2. The highest BCUT2D eigenvalue weighted by Gasteiger charge is 2.25. The van der Waals surface area contributed by atoms with Crippen LogP contribution < -0.4 is 10.6 Å². The molecule has 0 aliphatic carbocycles. The van der Waals surface area contributed by atoms with Crippen LogP contribution in [0.4, 0.5) is 5.69 Å². The van der Waals surface area contributed by atoms with E-state index in [0.717, 1.165) is 20.4 Å². The Morgan fingerprint density at radius 3 is 2.42 bits per heavy atom. The van der Waals surface area contributed by atoms with E-state index in [-0.39, 0.29) is 23.6 Å². The number of nitrogens with zero attached hydrogens (tertiary/aromatic N) is 3. The van der Waals surface area contributed by atoms with Crippen molar-refractivity contribution in [3.05, 3.63) is 81.2 Å². The van der Waals surface area contributed by atoms with E-state index in [1.165, 1.54) is 11.8 Å². The van der Waals surface area contributed by atoms with Gasteiger partial charge in [0.2, 0.25) is 5.91 Å². The van der Waals surface area contributed by atoms with E-state index in [9.17, 15) is 9.59 Å². The first-order valence-electron chi connectivity index (χ1n) is 11.8. The molecule has 7 nitrogen and oxygen atoms in total. The van der Waals surface area contributed by atoms with Gasteiger partial charge in [-0.2, -0.15) is 0 Å². The molecule has 0 bridgehead atoms. The van der Waals surface area contributed by atoms with Crippen molar-refractivity contribution >= 4 is 51.9 Å². The number of nitrogens with one attached hydrogen (secondary N) is 2. The van der Waals surface area contributed by atoms with Crippen LogP contribution in [0.15, 0.2) is 60.3 Å². The topological polar surface area (TPSA) is 88.9 Å². The largest absolute Gasteiger partial charge is 0.342 e. The minimum atomic E-state index is -0.328. The average molecular weight is 618 g/mol. The normalized spacial score (nSPS) is 11.8. The van der Waals surface area contributed by atoms with Crippen LogP contribution in [-0.2, 0) is 11.3 Å². The lowest BCUT2D eigenvalue weighted by Gasteiger charge is -2.21. The van der Waals surface area contributed by atoms with Gasteiger partial charge >= 0.3 is 0 Å². The van der Waals surface area contributed by atoms with Crippen LogP contribution in [0.2, 0.25) is 0 Å². The lowest BCUT2D eigenvalue weighted by molar-refractivity contribution is -0.113. The smallest absolute Gasteiger partial charge is 0.251 e. The summed E-state index contributed by atoms with van der Waals surface area (Å²) in [6.45, 7) is 12.5. The van der Waals surface area contributed by atoms with Gasteiger partial charge in [-0.15, -0.1) is 16.8 Å². The maximum Gasteiger partial charge on any atom is 0.251 e. The third kappa shape index (κ3) is 7.42. The predicted octanol–water partition coefficient (Wildman–Crippen LogP) is 5.93. The summed E-state index contributed by atoms with van der Waals surface area (Å²) in [6.07, 6.45) is 2.46. The van der Waals surface area contributed by atoms with Crippen molar-refractivity contribution in [3.8, 4) is 0 Å². The van der Waals surface area contributed by atoms with Crippen LogP contribution in [0.25, 0.3) is 0 Å². The van der Waals surface area contributed by atoms with Crippen molar-refractivity contribution in [2.24, 2.45) is 5.92 Å². The van der Waals surface area contributed by atoms with E-state index in [1.807, 2.05) is 48.7 Å². The van der Waals surface area contributed by atoms with Gasteiger partial charge in [-0.3, -0.25) is 9.59 Å². The van der Waals surface area contributed by atoms with Crippen LogP contribution >= 0.6 is 34.4 Å². The van der Waals surface area contributed by atoms with Crippen molar-refractivity contribution in [3.63, 3.8) is 0 Å². The Morgan fingerprint density at radius 2 is 1.81 bits per heavy atom. The van der Waals surface area contributed by atoms with Gasteiger partial charge in [0, 0.05) is 21.4 Å². The molecule has 0 aliphatic rings. The first-order valence-corrected chi connectivity index (χ1v) is 13.8. The molecule has 9 heteroatoms. The molecule has 2 amide bonds. The lowest BCUT2D eigenvalue weighted by atomic mass is 10.0. The number of aromatic nitrogens is 3. The summed E-state index contributed by atoms with van der Waals surface area (Å²) in [5, 5.41) is 15.6. The van der Waals surface area contributed by atoms with Gasteiger partial charge < -0.3 is 15.2 Å². The lowest BCUT2D eigenvalue weighted by Crippen LogP contribution is -2.31. The molecule has 0 aliphatic heterocycles. The fourth-order valence-electron chi connectivity index (χ4n) is 3.91. The zero-order chi connectivity index (χ0) is 26.2. The van der Waals surface area contributed by atoms with Gasteiger partial charge in [-0.1, -0.05) is 49.9 Å². The zero-order valence-electron chi connectivity index (χ0n) is 21.0. The second-order valence-electron chi connectivity index (χ2n) is 9.01. The van der Waals surface area contributed by atoms with Crippen molar-refractivity contribution < 1.29 is 9.59 Å². The number of carbonyl (C=O) groups excluding carboxylic acids is 2. The van der Waals surface area contributed by atoms with Crippen molar-refractivity contribution in [2.45, 2.75) is 51.9 Å².